The number of aromatic nitrogens is 2. The van der Waals surface area contributed by atoms with Crippen LogP contribution in [0.25, 0.3) is 15.9 Å². The maximum Gasteiger partial charge on any atom is 0.267 e. The number of nitrogens with two attached hydrogens (primary N) is 1. The van der Waals surface area contributed by atoms with Crippen LogP contribution in [0.15, 0.2) is 28.2 Å². The quantitative estimate of drug-likeness (QED) is 0.562. The van der Waals surface area contributed by atoms with Crippen LogP contribution in [0.2, 0.25) is 0 Å². The van der Waals surface area contributed by atoms with Crippen molar-refractivity contribution in [1.82, 2.24) is 9.55 Å². The highest BCUT2D eigenvalue weighted by molar-refractivity contribution is 7.99. The molecule has 130 valence electrons. The molecule has 5 nitrogen and oxygen atoms in total. The average molecular weight is 374 g/mol. The molecule has 0 atom stereocenters. The van der Waals surface area contributed by atoms with Crippen molar-refractivity contribution in [3.63, 3.8) is 0 Å². The van der Waals surface area contributed by atoms with E-state index in [0.29, 0.717) is 15.4 Å². The van der Waals surface area contributed by atoms with Crippen LogP contribution in [-0.4, -0.2) is 21.2 Å². The monoisotopic (exact) mass is 373 g/mol. The molecule has 0 aliphatic rings. The molecule has 0 saturated carbocycles. The molecule has 0 aliphatic carbocycles. The average Bonchev–Trinajstić information content (AvgIpc) is 2.83. The second kappa shape index (κ2) is 6.65. The van der Waals surface area contributed by atoms with E-state index in [1.165, 1.54) is 23.1 Å². The van der Waals surface area contributed by atoms with Crippen molar-refractivity contribution in [1.29, 1.82) is 0 Å². The number of thiophene rings is 1. The number of primary amides is 1. The Labute approximate surface area is 153 Å². The largest absolute Gasteiger partial charge is 0.369 e. The lowest BCUT2D eigenvalue weighted by molar-refractivity contribution is -0.115. The zero-order chi connectivity index (χ0) is 18.3. The number of thioether (sulfide) groups is 1. The highest BCUT2D eigenvalue weighted by Gasteiger charge is 2.19. The fraction of sp³-hybridized carbons (Fsp3) is 0.278. The number of hydrogen-bond acceptors (Lipinski definition) is 5. The van der Waals surface area contributed by atoms with Crippen LogP contribution in [0.1, 0.15) is 21.6 Å². The summed E-state index contributed by atoms with van der Waals surface area (Å²) in [4.78, 5) is 31.0. The van der Waals surface area contributed by atoms with Crippen molar-refractivity contribution >= 4 is 39.2 Å². The van der Waals surface area contributed by atoms with Gasteiger partial charge in [-0.05, 0) is 50.5 Å². The van der Waals surface area contributed by atoms with E-state index >= 15 is 0 Å². The predicted octanol–water partition coefficient (Wildman–Crippen LogP) is 3.26. The van der Waals surface area contributed by atoms with Crippen molar-refractivity contribution in [2.45, 2.75) is 32.9 Å². The third-order valence-corrected chi connectivity index (χ3v) is 6.39. The molecular formula is C18H19N3O2S2. The topological polar surface area (TPSA) is 78.0 Å². The van der Waals surface area contributed by atoms with Crippen LogP contribution in [-0.2, 0) is 4.79 Å². The first kappa shape index (κ1) is 17.7. The molecule has 7 heteroatoms. The number of rotatable bonds is 4. The number of aryl methyl sites for hydroxylation is 3. The summed E-state index contributed by atoms with van der Waals surface area (Å²) in [5.41, 5.74) is 9.04. The van der Waals surface area contributed by atoms with Gasteiger partial charge in [-0.15, -0.1) is 11.3 Å². The van der Waals surface area contributed by atoms with Crippen molar-refractivity contribution < 1.29 is 4.79 Å². The Kier molecular flexibility index (Phi) is 4.71. The Bertz CT molecular complexity index is 1050. The van der Waals surface area contributed by atoms with E-state index in [2.05, 4.69) is 4.98 Å². The van der Waals surface area contributed by atoms with Gasteiger partial charge in [-0.3, -0.25) is 14.2 Å². The van der Waals surface area contributed by atoms with Gasteiger partial charge in [0, 0.05) is 4.88 Å². The van der Waals surface area contributed by atoms with Crippen molar-refractivity contribution in [3.8, 4) is 5.69 Å². The number of amides is 1. The van der Waals surface area contributed by atoms with Gasteiger partial charge in [0.25, 0.3) is 5.56 Å². The predicted molar refractivity (Wildman–Crippen MR) is 104 cm³/mol. The Morgan fingerprint density at radius 3 is 2.64 bits per heavy atom. The molecule has 0 fully saturated rings. The van der Waals surface area contributed by atoms with Gasteiger partial charge in [0.1, 0.15) is 4.83 Å². The normalized spacial score (nSPS) is 11.2. The summed E-state index contributed by atoms with van der Waals surface area (Å²) >= 11 is 2.69. The molecule has 3 rings (SSSR count). The molecule has 2 aromatic heterocycles. The second-order valence-electron chi connectivity index (χ2n) is 5.97. The van der Waals surface area contributed by atoms with Crippen LogP contribution in [0.3, 0.4) is 0 Å². The fourth-order valence-electron chi connectivity index (χ4n) is 2.70. The molecule has 2 heterocycles. The third kappa shape index (κ3) is 3.09. The van der Waals surface area contributed by atoms with Gasteiger partial charge in [-0.2, -0.15) is 0 Å². The molecule has 25 heavy (non-hydrogen) atoms. The summed E-state index contributed by atoms with van der Waals surface area (Å²) in [5.74, 6) is -0.364. The number of nitrogens with zero attached hydrogens (tertiary/aromatic N) is 2. The first-order valence-corrected chi connectivity index (χ1v) is 9.62. The standard InChI is InChI=1S/C18H19N3O2S2/c1-9-6-5-7-13(10(9)2)21-17(23)15-11(3)12(4)25-16(15)20-18(21)24-8-14(19)22/h5-7H,8H2,1-4H3,(H2,19,22). The van der Waals surface area contributed by atoms with Crippen LogP contribution in [0, 0.1) is 27.7 Å². The van der Waals surface area contributed by atoms with E-state index in [0.717, 1.165) is 27.3 Å². The van der Waals surface area contributed by atoms with Gasteiger partial charge < -0.3 is 5.73 Å². The molecule has 0 spiro atoms. The molecule has 0 saturated heterocycles. The van der Waals surface area contributed by atoms with E-state index in [1.54, 1.807) is 4.57 Å². The number of hydrogen-bond donors (Lipinski definition) is 1. The van der Waals surface area contributed by atoms with Gasteiger partial charge in [-0.25, -0.2) is 4.98 Å². The first-order valence-electron chi connectivity index (χ1n) is 7.81. The number of carbonyl (C=O) groups excluding carboxylic acids is 1. The lowest BCUT2D eigenvalue weighted by Gasteiger charge is -2.15. The molecular weight excluding hydrogens is 354 g/mol. The molecule has 1 aromatic carbocycles. The van der Waals surface area contributed by atoms with E-state index in [1.807, 2.05) is 45.9 Å². The van der Waals surface area contributed by atoms with E-state index in [4.69, 9.17) is 5.73 Å². The smallest absolute Gasteiger partial charge is 0.267 e. The third-order valence-electron chi connectivity index (χ3n) is 4.33. The van der Waals surface area contributed by atoms with Crippen LogP contribution >= 0.6 is 23.1 Å². The summed E-state index contributed by atoms with van der Waals surface area (Å²) in [7, 11) is 0. The van der Waals surface area contributed by atoms with Gasteiger partial charge in [-0.1, -0.05) is 23.9 Å². The zero-order valence-electron chi connectivity index (χ0n) is 14.5. The minimum Gasteiger partial charge on any atom is -0.369 e. The Hall–Kier alpha value is -2.12. The molecule has 0 radical (unpaired) electrons. The SMILES string of the molecule is Cc1cccc(-n2c(SCC(N)=O)nc3sc(C)c(C)c3c2=O)c1C. The van der Waals surface area contributed by atoms with Gasteiger partial charge in [0.15, 0.2) is 5.16 Å². The maximum absolute atomic E-state index is 13.3. The summed E-state index contributed by atoms with van der Waals surface area (Å²) in [5, 5.41) is 1.14. The lowest BCUT2D eigenvalue weighted by Crippen LogP contribution is -2.23. The Balaban J connectivity index is 2.37. The summed E-state index contributed by atoms with van der Waals surface area (Å²) in [6.07, 6.45) is 0. The minimum absolute atomic E-state index is 0.0755. The van der Waals surface area contributed by atoms with E-state index in [-0.39, 0.29) is 11.3 Å². The van der Waals surface area contributed by atoms with E-state index in [9.17, 15) is 9.59 Å². The van der Waals surface area contributed by atoms with Crippen molar-refractivity contribution in [2.24, 2.45) is 5.73 Å². The van der Waals surface area contributed by atoms with Crippen LogP contribution < -0.4 is 11.3 Å². The molecule has 0 unspecified atom stereocenters. The van der Waals surface area contributed by atoms with Gasteiger partial charge >= 0.3 is 0 Å². The lowest BCUT2D eigenvalue weighted by atomic mass is 10.1. The second-order valence-corrected chi connectivity index (χ2v) is 8.12. The Morgan fingerprint density at radius 2 is 1.96 bits per heavy atom. The highest BCUT2D eigenvalue weighted by Crippen LogP contribution is 2.30. The molecule has 3 aromatic rings. The molecule has 0 aliphatic heterocycles. The molecule has 1 amide bonds. The Morgan fingerprint density at radius 1 is 1.24 bits per heavy atom. The maximum atomic E-state index is 13.3. The molecule has 0 bridgehead atoms. The summed E-state index contributed by atoms with van der Waals surface area (Å²) in [6, 6.07) is 5.83. The molecule has 2 N–H and O–H groups in total. The van der Waals surface area contributed by atoms with Crippen molar-refractivity contribution in [2.75, 3.05) is 5.75 Å². The number of benzene rings is 1. The summed E-state index contributed by atoms with van der Waals surface area (Å²) < 4.78 is 1.61. The summed E-state index contributed by atoms with van der Waals surface area (Å²) in [6.45, 7) is 7.92. The minimum atomic E-state index is -0.439. The highest BCUT2D eigenvalue weighted by atomic mass is 32.2. The zero-order valence-corrected chi connectivity index (χ0v) is 16.2. The number of carbonyl (C=O) groups is 1. The van der Waals surface area contributed by atoms with Crippen LogP contribution in [0.4, 0.5) is 0 Å². The fourth-order valence-corrected chi connectivity index (χ4v) is 4.51. The van der Waals surface area contributed by atoms with Crippen LogP contribution in [0.5, 0.6) is 0 Å². The number of fused-ring (bicyclic) bond motifs is 1. The first-order chi connectivity index (χ1) is 11.8. The van der Waals surface area contributed by atoms with Gasteiger partial charge in [0.2, 0.25) is 5.91 Å². The van der Waals surface area contributed by atoms with Gasteiger partial charge in [0.05, 0.1) is 16.8 Å². The van der Waals surface area contributed by atoms with E-state index < -0.39 is 5.91 Å². The van der Waals surface area contributed by atoms with Crippen molar-refractivity contribution in [3.05, 3.63) is 50.1 Å².